The van der Waals surface area contributed by atoms with Crippen molar-refractivity contribution in [3.8, 4) is 5.75 Å². The van der Waals surface area contributed by atoms with Crippen molar-refractivity contribution in [2.24, 2.45) is 52.3 Å². The van der Waals surface area contributed by atoms with Gasteiger partial charge in [0.25, 0.3) is 0 Å². The molecule has 0 bridgehead atoms. The number of hydrogen-bond donors (Lipinski definition) is 2. The molecule has 3 fully saturated rings. The normalized spacial score (nSPS) is 33.3. The van der Waals surface area contributed by atoms with Crippen molar-refractivity contribution in [1.82, 2.24) is 0 Å². The van der Waals surface area contributed by atoms with Crippen molar-refractivity contribution in [2.45, 2.75) is 139 Å². The van der Waals surface area contributed by atoms with E-state index in [9.17, 15) is 4.79 Å². The van der Waals surface area contributed by atoms with E-state index in [4.69, 9.17) is 14.6 Å². The molecule has 0 radical (unpaired) electrons. The van der Waals surface area contributed by atoms with Gasteiger partial charge in [-0.15, -0.1) is 0 Å². The standard InChI is InChI=1S/C39H59NO3.C3H8O/c1-9-28(6)42-37(41)40-30-11-10-12-31(24-30)43-32-19-21-38(7)29(23-32)15-16-33-35-18-17-34(39(35,8)22-20-36(33)38)27(5)14-13-26(4)25(2)3;1-2-3-4/h10-15,24-28,32-36H,9,16-23H2,1-8H3,(H,40,41);4H,2-3H2,1H3. The van der Waals surface area contributed by atoms with E-state index in [0.29, 0.717) is 40.9 Å². The Labute approximate surface area is 287 Å². The average molecular weight is 650 g/mol. The first-order valence-corrected chi connectivity index (χ1v) is 19.1. The van der Waals surface area contributed by atoms with Crippen LogP contribution in [0.3, 0.4) is 0 Å². The molecule has 0 saturated heterocycles. The monoisotopic (exact) mass is 650 g/mol. The van der Waals surface area contributed by atoms with Gasteiger partial charge in [0.05, 0.1) is 0 Å². The Hall–Kier alpha value is -2.27. The highest BCUT2D eigenvalue weighted by Crippen LogP contribution is 2.67. The number of benzene rings is 1. The molecule has 1 amide bonds. The molecule has 1 aromatic rings. The molecular formula is C42H67NO4. The lowest BCUT2D eigenvalue weighted by atomic mass is 9.47. The van der Waals surface area contributed by atoms with Crippen LogP contribution in [0, 0.1) is 52.3 Å². The lowest BCUT2D eigenvalue weighted by Gasteiger charge is -2.58. The van der Waals surface area contributed by atoms with Crippen LogP contribution < -0.4 is 10.1 Å². The van der Waals surface area contributed by atoms with Crippen LogP contribution in [0.5, 0.6) is 5.75 Å². The van der Waals surface area contributed by atoms with Gasteiger partial charge in [0.15, 0.2) is 0 Å². The second-order valence-corrected chi connectivity index (χ2v) is 16.3. The van der Waals surface area contributed by atoms with Gasteiger partial charge in [0, 0.05) is 24.8 Å². The fourth-order valence-corrected chi connectivity index (χ4v) is 9.59. The summed E-state index contributed by atoms with van der Waals surface area (Å²) in [5, 5.41) is 10.7. The molecule has 2 N–H and O–H groups in total. The summed E-state index contributed by atoms with van der Waals surface area (Å²) < 4.78 is 11.9. The van der Waals surface area contributed by atoms with Crippen molar-refractivity contribution < 1.29 is 19.4 Å². The van der Waals surface area contributed by atoms with E-state index in [-0.39, 0.29) is 12.2 Å². The fourth-order valence-electron chi connectivity index (χ4n) is 9.59. The number of fused-ring (bicyclic) bond motifs is 5. The molecule has 4 aliphatic rings. The minimum atomic E-state index is -0.411. The molecule has 1 aromatic carbocycles. The van der Waals surface area contributed by atoms with Gasteiger partial charge in [-0.25, -0.2) is 4.79 Å². The number of hydrogen-bond acceptors (Lipinski definition) is 4. The van der Waals surface area contributed by atoms with Crippen LogP contribution in [0.15, 0.2) is 48.1 Å². The van der Waals surface area contributed by atoms with Gasteiger partial charge in [-0.1, -0.05) is 85.3 Å². The van der Waals surface area contributed by atoms with E-state index in [1.54, 1.807) is 5.57 Å². The van der Waals surface area contributed by atoms with Crippen molar-refractivity contribution >= 4 is 11.8 Å². The van der Waals surface area contributed by atoms with E-state index in [2.05, 4.69) is 65.1 Å². The van der Waals surface area contributed by atoms with E-state index < -0.39 is 6.09 Å². The second-order valence-electron chi connectivity index (χ2n) is 16.3. The van der Waals surface area contributed by atoms with Crippen LogP contribution in [0.4, 0.5) is 10.5 Å². The minimum Gasteiger partial charge on any atom is -0.490 e. The maximum absolute atomic E-state index is 12.2. The van der Waals surface area contributed by atoms with Crippen LogP contribution in [0.2, 0.25) is 0 Å². The fraction of sp³-hybridized carbons (Fsp3) is 0.738. The van der Waals surface area contributed by atoms with E-state index in [1.165, 1.54) is 38.5 Å². The first-order chi connectivity index (χ1) is 22.4. The molecule has 0 aromatic heterocycles. The van der Waals surface area contributed by atoms with Crippen molar-refractivity contribution in [3.05, 3.63) is 48.1 Å². The van der Waals surface area contributed by atoms with E-state index >= 15 is 0 Å². The molecule has 5 rings (SSSR count). The number of ether oxygens (including phenoxy) is 2. The summed E-state index contributed by atoms with van der Waals surface area (Å²) in [4.78, 5) is 12.2. The maximum Gasteiger partial charge on any atom is 0.411 e. The van der Waals surface area contributed by atoms with Crippen molar-refractivity contribution in [1.29, 1.82) is 0 Å². The Bertz CT molecular complexity index is 1220. The molecule has 47 heavy (non-hydrogen) atoms. The molecule has 4 aliphatic carbocycles. The summed E-state index contributed by atoms with van der Waals surface area (Å²) in [6.45, 7) is 21.0. The summed E-state index contributed by atoms with van der Waals surface area (Å²) in [5.41, 5.74) is 3.15. The summed E-state index contributed by atoms with van der Waals surface area (Å²) in [7, 11) is 0. The maximum atomic E-state index is 12.2. The number of allylic oxidation sites excluding steroid dienone is 3. The van der Waals surface area contributed by atoms with Gasteiger partial charge in [0.2, 0.25) is 0 Å². The highest BCUT2D eigenvalue weighted by molar-refractivity contribution is 5.84. The molecule has 5 nitrogen and oxygen atoms in total. The number of carbonyl (C=O) groups excluding carboxylic acids is 1. The number of nitrogens with one attached hydrogen (secondary N) is 1. The molecule has 0 heterocycles. The minimum absolute atomic E-state index is 0.100. The van der Waals surface area contributed by atoms with Crippen molar-refractivity contribution in [2.75, 3.05) is 11.9 Å². The van der Waals surface area contributed by atoms with E-state index in [0.717, 1.165) is 55.1 Å². The number of aliphatic hydroxyl groups excluding tert-OH is 1. The van der Waals surface area contributed by atoms with Gasteiger partial charge < -0.3 is 14.6 Å². The highest BCUT2D eigenvalue weighted by Gasteiger charge is 2.59. The Morgan fingerprint density at radius 3 is 2.45 bits per heavy atom. The number of aliphatic hydroxyl groups is 1. The average Bonchev–Trinajstić information content (AvgIpc) is 3.41. The van der Waals surface area contributed by atoms with Crippen LogP contribution in [0.25, 0.3) is 0 Å². The lowest BCUT2D eigenvalue weighted by Crippen LogP contribution is -2.51. The number of carbonyl (C=O) groups is 1. The van der Waals surface area contributed by atoms with Crippen molar-refractivity contribution in [3.63, 3.8) is 0 Å². The van der Waals surface area contributed by atoms with Gasteiger partial charge >= 0.3 is 6.09 Å². The largest absolute Gasteiger partial charge is 0.490 e. The zero-order valence-corrected chi connectivity index (χ0v) is 31.2. The molecule has 264 valence electrons. The van der Waals surface area contributed by atoms with Gasteiger partial charge in [-0.2, -0.15) is 0 Å². The first-order valence-electron chi connectivity index (χ1n) is 19.1. The lowest BCUT2D eigenvalue weighted by molar-refractivity contribution is -0.0526. The van der Waals surface area contributed by atoms with Crippen LogP contribution in [-0.4, -0.2) is 30.0 Å². The summed E-state index contributed by atoms with van der Waals surface area (Å²) in [6, 6.07) is 7.76. The molecule has 3 saturated carbocycles. The van der Waals surface area contributed by atoms with Gasteiger partial charge in [0.1, 0.15) is 18.0 Å². The predicted molar refractivity (Wildman–Crippen MR) is 196 cm³/mol. The first kappa shape index (κ1) is 37.5. The Kier molecular flexibility index (Phi) is 13.1. The third kappa shape index (κ3) is 8.67. The smallest absolute Gasteiger partial charge is 0.411 e. The van der Waals surface area contributed by atoms with Crippen LogP contribution in [0.1, 0.15) is 127 Å². The third-order valence-corrected chi connectivity index (χ3v) is 13.0. The molecule has 0 aliphatic heterocycles. The Balaban J connectivity index is 0.00000118. The van der Waals surface area contributed by atoms with Gasteiger partial charge in [-0.05, 0) is 129 Å². The Morgan fingerprint density at radius 1 is 1.02 bits per heavy atom. The quantitative estimate of drug-likeness (QED) is 0.248. The molecule has 10 unspecified atom stereocenters. The molecular weight excluding hydrogens is 582 g/mol. The number of rotatable bonds is 10. The zero-order chi connectivity index (χ0) is 34.4. The highest BCUT2D eigenvalue weighted by atomic mass is 16.6. The predicted octanol–water partition coefficient (Wildman–Crippen LogP) is 11.2. The van der Waals surface area contributed by atoms with Crippen LogP contribution >= 0.6 is 0 Å². The second kappa shape index (κ2) is 16.4. The molecule has 5 heteroatoms. The summed E-state index contributed by atoms with van der Waals surface area (Å²) in [5.74, 6) is 6.18. The third-order valence-electron chi connectivity index (χ3n) is 13.0. The van der Waals surface area contributed by atoms with Gasteiger partial charge in [-0.3, -0.25) is 5.32 Å². The Morgan fingerprint density at radius 2 is 1.77 bits per heavy atom. The topological polar surface area (TPSA) is 67.8 Å². The van der Waals surface area contributed by atoms with E-state index in [1.807, 2.05) is 45.0 Å². The number of anilines is 1. The SMILES string of the molecule is CCC(C)OC(=O)Nc1cccc(OC2CCC3(C)C(=CCC4C3CCC3(C)C(C(C)C=CC(C)C(C)C)CCC43)C2)c1.CCCO. The molecule has 10 atom stereocenters. The zero-order valence-electron chi connectivity index (χ0n) is 31.2. The molecule has 0 spiro atoms. The summed E-state index contributed by atoms with van der Waals surface area (Å²) in [6.07, 6.45) is 19.2. The van der Waals surface area contributed by atoms with Crippen LogP contribution in [-0.2, 0) is 4.74 Å². The number of amides is 1. The summed E-state index contributed by atoms with van der Waals surface area (Å²) >= 11 is 0.